The normalized spacial score (nSPS) is 13.8. The molecule has 1 saturated heterocycles. The lowest BCUT2D eigenvalue weighted by atomic mass is 10.1. The number of aromatic nitrogens is 7. The molecule has 0 spiro atoms. The largest absolute Gasteiger partial charge is 0.378 e. The van der Waals surface area contributed by atoms with Gasteiger partial charge in [0.05, 0.1) is 37.2 Å². The second kappa shape index (κ2) is 9.19. The Morgan fingerprint density at radius 3 is 2.69 bits per heavy atom. The highest BCUT2D eigenvalue weighted by molar-refractivity contribution is 5.94. The fraction of sp³-hybridized carbons (Fsp3) is 0.200. The Bertz CT molecular complexity index is 1600. The van der Waals surface area contributed by atoms with Crippen LogP contribution in [0.3, 0.4) is 0 Å². The predicted octanol–water partition coefficient (Wildman–Crippen LogP) is 1.89. The maximum Gasteiger partial charge on any atom is 0.267 e. The second-order valence-electron chi connectivity index (χ2n) is 8.47. The second-order valence-corrected chi connectivity index (χ2v) is 8.47. The minimum Gasteiger partial charge on any atom is -0.378 e. The van der Waals surface area contributed by atoms with E-state index in [1.54, 1.807) is 40.2 Å². The van der Waals surface area contributed by atoms with E-state index < -0.39 is 0 Å². The molecule has 1 N–H and O–H groups in total. The molecule has 1 amide bonds. The van der Waals surface area contributed by atoms with Crippen molar-refractivity contribution in [2.45, 2.75) is 6.54 Å². The van der Waals surface area contributed by atoms with Crippen LogP contribution in [0.2, 0.25) is 0 Å². The van der Waals surface area contributed by atoms with Crippen LogP contribution in [0.5, 0.6) is 0 Å². The van der Waals surface area contributed by atoms with Crippen molar-refractivity contribution in [1.29, 1.82) is 0 Å². The molecule has 180 valence electrons. The Hall–Kier alpha value is -4.64. The van der Waals surface area contributed by atoms with E-state index in [9.17, 15) is 9.59 Å². The number of amides is 1. The topological polar surface area (TPSA) is 124 Å². The van der Waals surface area contributed by atoms with E-state index in [1.807, 2.05) is 30.3 Å². The number of nitrogens with zero attached hydrogens (tertiary/aromatic N) is 7. The molecule has 0 unspecified atom stereocenters. The van der Waals surface area contributed by atoms with Gasteiger partial charge in [-0.3, -0.25) is 14.7 Å². The van der Waals surface area contributed by atoms with Crippen molar-refractivity contribution in [3.63, 3.8) is 0 Å². The van der Waals surface area contributed by atoms with Gasteiger partial charge >= 0.3 is 0 Å². The minimum absolute atomic E-state index is 0.00380. The number of hydrogen-bond donors (Lipinski definition) is 1. The third-order valence-electron chi connectivity index (χ3n) is 6.16. The van der Waals surface area contributed by atoms with Gasteiger partial charge in [-0.1, -0.05) is 11.3 Å². The number of carbonyl (C=O) groups is 1. The van der Waals surface area contributed by atoms with Crippen molar-refractivity contribution in [2.24, 2.45) is 0 Å². The number of fused-ring (bicyclic) bond motifs is 1. The lowest BCUT2D eigenvalue weighted by Crippen LogP contribution is -2.40. The van der Waals surface area contributed by atoms with Crippen molar-refractivity contribution in [3.05, 3.63) is 88.5 Å². The van der Waals surface area contributed by atoms with Gasteiger partial charge in [-0.2, -0.15) is 10.2 Å². The van der Waals surface area contributed by atoms with Gasteiger partial charge < -0.3 is 9.64 Å². The molecule has 11 nitrogen and oxygen atoms in total. The highest BCUT2D eigenvalue weighted by Crippen LogP contribution is 2.26. The van der Waals surface area contributed by atoms with Crippen LogP contribution in [0, 0.1) is 0 Å². The number of H-pyrrole nitrogens is 1. The molecule has 0 saturated carbocycles. The smallest absolute Gasteiger partial charge is 0.267 e. The molecule has 36 heavy (non-hydrogen) atoms. The molecule has 4 heterocycles. The minimum atomic E-state index is -0.161. The van der Waals surface area contributed by atoms with Crippen LogP contribution >= 0.6 is 0 Å². The van der Waals surface area contributed by atoms with Crippen LogP contribution in [-0.2, 0) is 11.3 Å². The molecule has 11 heteroatoms. The number of benzene rings is 2. The van der Waals surface area contributed by atoms with Crippen molar-refractivity contribution in [3.8, 4) is 17.1 Å². The number of hydrogen-bond acceptors (Lipinski definition) is 7. The van der Waals surface area contributed by atoms with Gasteiger partial charge in [0.1, 0.15) is 11.4 Å². The van der Waals surface area contributed by atoms with E-state index >= 15 is 0 Å². The monoisotopic (exact) mass is 482 g/mol. The van der Waals surface area contributed by atoms with Gasteiger partial charge in [0.25, 0.3) is 11.5 Å². The molecule has 0 radical (unpaired) electrons. The summed E-state index contributed by atoms with van der Waals surface area (Å²) in [5.74, 6) is -0.00380. The predicted molar refractivity (Wildman–Crippen MR) is 131 cm³/mol. The zero-order chi connectivity index (χ0) is 24.5. The standard InChI is InChI=1S/C25H22N8O3/c34-23-2-1-9-26-33(23)15-17-3-8-21-20(14-17)24(29-27-21)22-16-32(30-28-22)19-6-4-18(5-7-19)25(35)31-10-12-36-13-11-31/h1-9,14,16H,10-13,15H2,(H,27,29). The van der Waals surface area contributed by atoms with Crippen LogP contribution in [0.15, 0.2) is 71.8 Å². The first kappa shape index (κ1) is 21.9. The third-order valence-corrected chi connectivity index (χ3v) is 6.16. The van der Waals surface area contributed by atoms with Crippen molar-refractivity contribution in [1.82, 2.24) is 39.9 Å². The summed E-state index contributed by atoms with van der Waals surface area (Å²) in [6.45, 7) is 2.69. The summed E-state index contributed by atoms with van der Waals surface area (Å²) < 4.78 is 8.38. The first-order valence-corrected chi connectivity index (χ1v) is 11.5. The SMILES string of the molecule is O=C(c1ccc(-n2cc(-c3n[nH]c4ccc(Cn5ncccc5=O)cc34)nn2)cc1)N1CCOCC1. The number of nitrogens with one attached hydrogen (secondary N) is 1. The fourth-order valence-electron chi connectivity index (χ4n) is 4.24. The van der Waals surface area contributed by atoms with Crippen LogP contribution in [0.4, 0.5) is 0 Å². The van der Waals surface area contributed by atoms with Crippen molar-refractivity contribution >= 4 is 16.8 Å². The summed E-state index contributed by atoms with van der Waals surface area (Å²) in [7, 11) is 0. The molecule has 1 aliphatic rings. The van der Waals surface area contributed by atoms with Crippen LogP contribution < -0.4 is 5.56 Å². The molecule has 1 fully saturated rings. The zero-order valence-corrected chi connectivity index (χ0v) is 19.2. The van der Waals surface area contributed by atoms with Gasteiger partial charge in [0, 0.05) is 36.3 Å². The van der Waals surface area contributed by atoms with Crippen LogP contribution in [-0.4, -0.2) is 72.1 Å². The maximum absolute atomic E-state index is 12.7. The Morgan fingerprint density at radius 2 is 1.89 bits per heavy atom. The Kier molecular flexibility index (Phi) is 5.58. The van der Waals surface area contributed by atoms with E-state index in [0.29, 0.717) is 49.8 Å². The molecule has 0 aliphatic carbocycles. The summed E-state index contributed by atoms with van der Waals surface area (Å²) in [6.07, 6.45) is 3.39. The van der Waals surface area contributed by atoms with Gasteiger partial charge in [0.15, 0.2) is 0 Å². The molecule has 0 bridgehead atoms. The van der Waals surface area contributed by atoms with E-state index in [0.717, 1.165) is 22.2 Å². The summed E-state index contributed by atoms with van der Waals surface area (Å²) >= 11 is 0. The average molecular weight is 483 g/mol. The quantitative estimate of drug-likeness (QED) is 0.406. The van der Waals surface area contributed by atoms with Crippen molar-refractivity contribution in [2.75, 3.05) is 26.3 Å². The highest BCUT2D eigenvalue weighted by atomic mass is 16.5. The van der Waals surface area contributed by atoms with Gasteiger partial charge in [0.2, 0.25) is 0 Å². The highest BCUT2D eigenvalue weighted by Gasteiger charge is 2.19. The van der Waals surface area contributed by atoms with E-state index in [4.69, 9.17) is 4.74 Å². The van der Waals surface area contributed by atoms with Gasteiger partial charge in [-0.15, -0.1) is 5.10 Å². The van der Waals surface area contributed by atoms with Crippen molar-refractivity contribution < 1.29 is 9.53 Å². The number of morpholine rings is 1. The summed E-state index contributed by atoms with van der Waals surface area (Å²) in [6, 6.07) is 16.2. The molecular formula is C25H22N8O3. The Labute approximate surface area is 204 Å². The molecule has 3 aromatic heterocycles. The fourth-order valence-corrected chi connectivity index (χ4v) is 4.24. The summed E-state index contributed by atoms with van der Waals surface area (Å²) in [4.78, 5) is 26.5. The number of ether oxygens (including phenoxy) is 1. The Balaban J connectivity index is 1.25. The van der Waals surface area contributed by atoms with Crippen LogP contribution in [0.25, 0.3) is 28.0 Å². The van der Waals surface area contributed by atoms with Crippen LogP contribution in [0.1, 0.15) is 15.9 Å². The number of carbonyl (C=O) groups excluding carboxylic acids is 1. The molecule has 1 aliphatic heterocycles. The summed E-state index contributed by atoms with van der Waals surface area (Å²) in [5, 5.41) is 21.0. The van der Waals surface area contributed by atoms with E-state index in [1.165, 1.54) is 10.7 Å². The van der Waals surface area contributed by atoms with E-state index in [2.05, 4.69) is 25.6 Å². The van der Waals surface area contributed by atoms with Gasteiger partial charge in [-0.25, -0.2) is 9.36 Å². The molecule has 5 aromatic rings. The number of rotatable bonds is 5. The van der Waals surface area contributed by atoms with E-state index in [-0.39, 0.29) is 11.5 Å². The Morgan fingerprint density at radius 1 is 1.06 bits per heavy atom. The molecule has 6 rings (SSSR count). The first-order valence-electron chi connectivity index (χ1n) is 11.5. The zero-order valence-electron chi connectivity index (χ0n) is 19.2. The molecule has 0 atom stereocenters. The summed E-state index contributed by atoms with van der Waals surface area (Å²) in [5.41, 5.74) is 4.26. The average Bonchev–Trinajstić information content (AvgIpc) is 3.57. The lowest BCUT2D eigenvalue weighted by molar-refractivity contribution is 0.0303. The lowest BCUT2D eigenvalue weighted by Gasteiger charge is -2.26. The van der Waals surface area contributed by atoms with Gasteiger partial charge in [-0.05, 0) is 48.0 Å². The molecule has 2 aromatic carbocycles. The maximum atomic E-state index is 12.7. The number of aromatic amines is 1. The third kappa shape index (κ3) is 4.16. The molecular weight excluding hydrogens is 460 g/mol. The first-order chi connectivity index (χ1) is 17.7.